The van der Waals surface area contributed by atoms with E-state index in [0.29, 0.717) is 10.7 Å². The second-order valence-corrected chi connectivity index (χ2v) is 7.46. The number of anilines is 2. The molecule has 0 saturated carbocycles. The van der Waals surface area contributed by atoms with Gasteiger partial charge in [0.2, 0.25) is 0 Å². The SMILES string of the molecule is Cc1ccc(N2CCCCCCC2)c(NC(=S)NC(=O)c2ccccc2)c1. The molecule has 1 fully saturated rings. The van der Waals surface area contributed by atoms with Crippen LogP contribution < -0.4 is 15.5 Å². The van der Waals surface area contributed by atoms with E-state index in [-0.39, 0.29) is 5.91 Å². The van der Waals surface area contributed by atoms with E-state index in [1.807, 2.05) is 18.2 Å². The molecule has 1 heterocycles. The van der Waals surface area contributed by atoms with Crippen LogP contribution in [0.15, 0.2) is 48.5 Å². The highest BCUT2D eigenvalue weighted by Crippen LogP contribution is 2.29. The van der Waals surface area contributed by atoms with Crippen LogP contribution in [0.4, 0.5) is 11.4 Å². The largest absolute Gasteiger partial charge is 0.370 e. The number of aryl methyl sites for hydroxylation is 1. The van der Waals surface area contributed by atoms with Crippen molar-refractivity contribution in [1.29, 1.82) is 0 Å². The van der Waals surface area contributed by atoms with Gasteiger partial charge in [0.25, 0.3) is 5.91 Å². The van der Waals surface area contributed by atoms with Gasteiger partial charge in [-0.1, -0.05) is 43.5 Å². The zero-order valence-electron chi connectivity index (χ0n) is 15.8. The first-order chi connectivity index (χ1) is 13.1. The van der Waals surface area contributed by atoms with Crippen molar-refractivity contribution in [3.63, 3.8) is 0 Å². The second-order valence-electron chi connectivity index (χ2n) is 7.05. The molecule has 1 saturated heterocycles. The Morgan fingerprint density at radius 2 is 1.63 bits per heavy atom. The maximum atomic E-state index is 12.3. The molecule has 0 bridgehead atoms. The molecule has 142 valence electrons. The summed E-state index contributed by atoms with van der Waals surface area (Å²) >= 11 is 5.40. The van der Waals surface area contributed by atoms with Gasteiger partial charge in [0.1, 0.15) is 0 Å². The van der Waals surface area contributed by atoms with E-state index in [1.165, 1.54) is 32.1 Å². The van der Waals surface area contributed by atoms with Crippen molar-refractivity contribution in [1.82, 2.24) is 5.32 Å². The Balaban J connectivity index is 1.72. The van der Waals surface area contributed by atoms with Gasteiger partial charge < -0.3 is 10.2 Å². The van der Waals surface area contributed by atoms with Crippen molar-refractivity contribution in [3.05, 3.63) is 59.7 Å². The molecule has 1 aliphatic heterocycles. The smallest absolute Gasteiger partial charge is 0.257 e. The van der Waals surface area contributed by atoms with E-state index in [4.69, 9.17) is 12.2 Å². The van der Waals surface area contributed by atoms with E-state index in [2.05, 4.69) is 40.7 Å². The Kier molecular flexibility index (Phi) is 6.82. The standard InChI is InChI=1S/C22H27N3OS/c1-17-12-13-20(25-14-8-3-2-4-9-15-25)19(16-17)23-22(27)24-21(26)18-10-6-5-7-11-18/h5-7,10-13,16H,2-4,8-9,14-15H2,1H3,(H2,23,24,26,27). The second kappa shape index (κ2) is 9.51. The Labute approximate surface area is 167 Å². The van der Waals surface area contributed by atoms with E-state index in [0.717, 1.165) is 30.0 Å². The molecule has 0 atom stereocenters. The van der Waals surface area contributed by atoms with Gasteiger partial charge in [0.15, 0.2) is 5.11 Å². The van der Waals surface area contributed by atoms with Crippen LogP contribution in [-0.2, 0) is 0 Å². The average Bonchev–Trinajstić information content (AvgIpc) is 2.63. The Hall–Kier alpha value is -2.40. The van der Waals surface area contributed by atoms with Gasteiger partial charge in [0, 0.05) is 18.7 Å². The number of benzene rings is 2. The molecule has 0 radical (unpaired) electrons. The lowest BCUT2D eigenvalue weighted by atomic mass is 10.1. The fourth-order valence-electron chi connectivity index (χ4n) is 3.43. The summed E-state index contributed by atoms with van der Waals surface area (Å²) < 4.78 is 0. The summed E-state index contributed by atoms with van der Waals surface area (Å²) in [6.45, 7) is 4.18. The fraction of sp³-hybridized carbons (Fsp3) is 0.364. The van der Waals surface area contributed by atoms with Crippen molar-refractivity contribution in [2.24, 2.45) is 0 Å². The normalized spacial score (nSPS) is 14.8. The number of nitrogens with one attached hydrogen (secondary N) is 2. The van der Waals surface area contributed by atoms with E-state index >= 15 is 0 Å². The Morgan fingerprint density at radius 3 is 2.33 bits per heavy atom. The number of amides is 1. The first-order valence-corrected chi connectivity index (χ1v) is 10.1. The average molecular weight is 382 g/mol. The minimum Gasteiger partial charge on any atom is -0.370 e. The molecule has 5 heteroatoms. The van der Waals surface area contributed by atoms with Crippen LogP contribution in [0.2, 0.25) is 0 Å². The van der Waals surface area contributed by atoms with E-state index in [1.54, 1.807) is 12.1 Å². The first-order valence-electron chi connectivity index (χ1n) is 9.66. The summed E-state index contributed by atoms with van der Waals surface area (Å²) in [4.78, 5) is 14.8. The molecule has 2 aromatic carbocycles. The lowest BCUT2D eigenvalue weighted by Crippen LogP contribution is -2.35. The highest BCUT2D eigenvalue weighted by atomic mass is 32.1. The number of carbonyl (C=O) groups excluding carboxylic acids is 1. The number of hydrogen-bond acceptors (Lipinski definition) is 3. The molecule has 2 aromatic rings. The zero-order valence-corrected chi connectivity index (χ0v) is 16.6. The summed E-state index contributed by atoms with van der Waals surface area (Å²) in [6, 6.07) is 15.5. The maximum absolute atomic E-state index is 12.3. The van der Waals surface area contributed by atoms with Crippen molar-refractivity contribution >= 4 is 34.6 Å². The fourth-order valence-corrected chi connectivity index (χ4v) is 3.64. The highest BCUT2D eigenvalue weighted by Gasteiger charge is 2.15. The monoisotopic (exact) mass is 381 g/mol. The number of nitrogens with zero attached hydrogens (tertiary/aromatic N) is 1. The van der Waals surface area contributed by atoms with Gasteiger partial charge in [0.05, 0.1) is 11.4 Å². The van der Waals surface area contributed by atoms with Crippen molar-refractivity contribution in [3.8, 4) is 0 Å². The number of carbonyl (C=O) groups is 1. The lowest BCUT2D eigenvalue weighted by molar-refractivity contribution is 0.0977. The molecule has 0 unspecified atom stereocenters. The minimum absolute atomic E-state index is 0.200. The summed E-state index contributed by atoms with van der Waals surface area (Å²) in [5.41, 5.74) is 3.85. The predicted molar refractivity (Wildman–Crippen MR) is 117 cm³/mol. The van der Waals surface area contributed by atoms with Gasteiger partial charge in [-0.05, 0) is 61.8 Å². The molecule has 1 amide bonds. The van der Waals surface area contributed by atoms with Crippen molar-refractivity contribution in [2.45, 2.75) is 39.0 Å². The van der Waals surface area contributed by atoms with Crippen LogP contribution in [0, 0.1) is 6.92 Å². The third kappa shape index (κ3) is 5.54. The van der Waals surface area contributed by atoms with Crippen LogP contribution in [0.1, 0.15) is 48.0 Å². The number of thiocarbonyl (C=S) groups is 1. The number of rotatable bonds is 3. The first kappa shape index (κ1) is 19.4. The van der Waals surface area contributed by atoms with E-state index in [9.17, 15) is 4.79 Å². The lowest BCUT2D eigenvalue weighted by Gasteiger charge is -2.29. The van der Waals surface area contributed by atoms with Gasteiger partial charge in [-0.15, -0.1) is 0 Å². The van der Waals surface area contributed by atoms with Gasteiger partial charge in [-0.25, -0.2) is 0 Å². The van der Waals surface area contributed by atoms with Crippen molar-refractivity contribution in [2.75, 3.05) is 23.3 Å². The Morgan fingerprint density at radius 1 is 0.963 bits per heavy atom. The highest BCUT2D eigenvalue weighted by molar-refractivity contribution is 7.80. The molecular weight excluding hydrogens is 354 g/mol. The summed E-state index contributed by atoms with van der Waals surface area (Å²) in [7, 11) is 0. The summed E-state index contributed by atoms with van der Waals surface area (Å²) in [5.74, 6) is -0.200. The van der Waals surface area contributed by atoms with E-state index < -0.39 is 0 Å². The Bertz CT molecular complexity index is 783. The molecule has 4 nitrogen and oxygen atoms in total. The quantitative estimate of drug-likeness (QED) is 0.743. The van der Waals surface area contributed by atoms with Crippen LogP contribution in [-0.4, -0.2) is 24.1 Å². The molecule has 3 rings (SSSR count). The molecular formula is C22H27N3OS. The topological polar surface area (TPSA) is 44.4 Å². The summed E-state index contributed by atoms with van der Waals surface area (Å²) in [5, 5.41) is 6.34. The predicted octanol–water partition coefficient (Wildman–Crippen LogP) is 4.89. The van der Waals surface area contributed by atoms with Gasteiger partial charge >= 0.3 is 0 Å². The van der Waals surface area contributed by atoms with Gasteiger partial charge in [-0.3, -0.25) is 10.1 Å². The van der Waals surface area contributed by atoms with Crippen molar-refractivity contribution < 1.29 is 4.79 Å². The molecule has 0 spiro atoms. The zero-order chi connectivity index (χ0) is 19.1. The number of hydrogen-bond donors (Lipinski definition) is 2. The maximum Gasteiger partial charge on any atom is 0.257 e. The van der Waals surface area contributed by atoms with Crippen LogP contribution in [0.25, 0.3) is 0 Å². The van der Waals surface area contributed by atoms with Gasteiger partial charge in [-0.2, -0.15) is 0 Å². The molecule has 0 aliphatic carbocycles. The molecule has 1 aliphatic rings. The summed E-state index contributed by atoms with van der Waals surface area (Å²) in [6.07, 6.45) is 6.33. The van der Waals surface area contributed by atoms with Crippen LogP contribution in [0.5, 0.6) is 0 Å². The third-order valence-corrected chi connectivity index (χ3v) is 5.06. The molecule has 2 N–H and O–H groups in total. The molecule has 27 heavy (non-hydrogen) atoms. The van der Waals surface area contributed by atoms with Crippen LogP contribution in [0.3, 0.4) is 0 Å². The van der Waals surface area contributed by atoms with Crippen LogP contribution >= 0.6 is 12.2 Å². The third-order valence-electron chi connectivity index (χ3n) is 4.86. The molecule has 0 aromatic heterocycles. The minimum atomic E-state index is -0.200.